The number of hydrogen-bond acceptors (Lipinski definition) is 4. The first kappa shape index (κ1) is 15.4. The maximum Gasteiger partial charge on any atom is 0.248 e. The lowest BCUT2D eigenvalue weighted by Gasteiger charge is -2.04. The molecule has 0 aliphatic rings. The molecular formula is C15H15BrN6O. The van der Waals surface area contributed by atoms with E-state index in [1.54, 1.807) is 23.4 Å². The summed E-state index contributed by atoms with van der Waals surface area (Å²) in [5.74, 6) is 0.0593. The molecule has 2 heterocycles. The van der Waals surface area contributed by atoms with Crippen LogP contribution in [0.4, 0.5) is 5.95 Å². The molecule has 7 nitrogen and oxygen atoms in total. The summed E-state index contributed by atoms with van der Waals surface area (Å²) >= 11 is 3.29. The van der Waals surface area contributed by atoms with Crippen LogP contribution in [0.3, 0.4) is 0 Å². The zero-order valence-corrected chi connectivity index (χ0v) is 14.1. The maximum atomic E-state index is 11.9. The topological polar surface area (TPSA) is 77.6 Å². The lowest BCUT2D eigenvalue weighted by Crippen LogP contribution is -2.20. The van der Waals surface area contributed by atoms with Gasteiger partial charge in [-0.25, -0.2) is 9.67 Å². The van der Waals surface area contributed by atoms with Gasteiger partial charge >= 0.3 is 0 Å². The predicted octanol–water partition coefficient (Wildman–Crippen LogP) is 2.23. The normalized spacial score (nSPS) is 10.7. The summed E-state index contributed by atoms with van der Waals surface area (Å²) in [6.45, 7) is 2.77. The van der Waals surface area contributed by atoms with E-state index in [-0.39, 0.29) is 18.4 Å². The van der Waals surface area contributed by atoms with E-state index in [1.807, 2.05) is 18.2 Å². The molecule has 3 rings (SSSR count). The van der Waals surface area contributed by atoms with Gasteiger partial charge in [0.15, 0.2) is 0 Å². The van der Waals surface area contributed by atoms with E-state index in [0.29, 0.717) is 6.54 Å². The van der Waals surface area contributed by atoms with E-state index >= 15 is 0 Å². The number of nitrogens with zero attached hydrogens (tertiary/aromatic N) is 5. The van der Waals surface area contributed by atoms with Crippen molar-refractivity contribution in [1.29, 1.82) is 0 Å². The molecule has 0 aliphatic heterocycles. The van der Waals surface area contributed by atoms with Crippen molar-refractivity contribution in [2.45, 2.75) is 20.0 Å². The first-order valence-corrected chi connectivity index (χ1v) is 7.81. The van der Waals surface area contributed by atoms with Crippen LogP contribution in [-0.4, -0.2) is 30.5 Å². The number of hydrogen-bond donors (Lipinski definition) is 1. The number of halogens is 1. The van der Waals surface area contributed by atoms with Gasteiger partial charge in [0.2, 0.25) is 11.9 Å². The highest BCUT2D eigenvalue weighted by molar-refractivity contribution is 9.10. The third kappa shape index (κ3) is 4.04. The molecule has 1 N–H and O–H groups in total. The van der Waals surface area contributed by atoms with E-state index in [4.69, 9.17) is 0 Å². The third-order valence-corrected chi connectivity index (χ3v) is 3.70. The van der Waals surface area contributed by atoms with Gasteiger partial charge in [-0.1, -0.05) is 24.3 Å². The Morgan fingerprint density at radius 1 is 1.30 bits per heavy atom. The van der Waals surface area contributed by atoms with Crippen LogP contribution in [0.5, 0.6) is 0 Å². The summed E-state index contributed by atoms with van der Waals surface area (Å²) in [5.41, 5.74) is 2.36. The average Bonchev–Trinajstić information content (AvgIpc) is 3.11. The average molecular weight is 375 g/mol. The van der Waals surface area contributed by atoms with Gasteiger partial charge in [-0.3, -0.25) is 14.8 Å². The Morgan fingerprint density at radius 2 is 2.13 bits per heavy atom. The largest absolute Gasteiger partial charge is 0.292 e. The number of aryl methyl sites for hydroxylation is 1. The Hall–Kier alpha value is -2.48. The van der Waals surface area contributed by atoms with Crippen molar-refractivity contribution in [3.05, 3.63) is 58.6 Å². The molecule has 0 saturated carbocycles. The molecule has 2 aromatic heterocycles. The van der Waals surface area contributed by atoms with Crippen LogP contribution in [0.15, 0.2) is 47.5 Å². The molecule has 0 spiro atoms. The van der Waals surface area contributed by atoms with Crippen molar-refractivity contribution < 1.29 is 4.79 Å². The van der Waals surface area contributed by atoms with Gasteiger partial charge in [-0.05, 0) is 34.0 Å². The number of nitrogens with one attached hydrogen (secondary N) is 1. The minimum absolute atomic E-state index is 0.109. The van der Waals surface area contributed by atoms with E-state index in [9.17, 15) is 4.79 Å². The van der Waals surface area contributed by atoms with Crippen LogP contribution in [0.2, 0.25) is 0 Å². The molecule has 0 atom stereocenters. The molecule has 0 bridgehead atoms. The van der Waals surface area contributed by atoms with Crippen molar-refractivity contribution in [1.82, 2.24) is 24.5 Å². The van der Waals surface area contributed by atoms with Gasteiger partial charge < -0.3 is 0 Å². The van der Waals surface area contributed by atoms with Crippen molar-refractivity contribution in [3.63, 3.8) is 0 Å². The Balaban J connectivity index is 1.61. The SMILES string of the molecule is Cc1ccccc1Cn1cnc(NC(=O)Cn2cc(Br)cn2)n1. The van der Waals surface area contributed by atoms with Gasteiger partial charge in [0.1, 0.15) is 12.9 Å². The van der Waals surface area contributed by atoms with E-state index in [0.717, 1.165) is 10.0 Å². The highest BCUT2D eigenvalue weighted by Crippen LogP contribution is 2.09. The van der Waals surface area contributed by atoms with Crippen molar-refractivity contribution >= 4 is 27.8 Å². The van der Waals surface area contributed by atoms with Gasteiger partial charge in [0.05, 0.1) is 17.2 Å². The lowest BCUT2D eigenvalue weighted by molar-refractivity contribution is -0.116. The van der Waals surface area contributed by atoms with Crippen molar-refractivity contribution in [2.24, 2.45) is 0 Å². The zero-order chi connectivity index (χ0) is 16.2. The van der Waals surface area contributed by atoms with Crippen molar-refractivity contribution in [2.75, 3.05) is 5.32 Å². The van der Waals surface area contributed by atoms with E-state index in [1.165, 1.54) is 10.2 Å². The quantitative estimate of drug-likeness (QED) is 0.742. The molecule has 118 valence electrons. The number of carbonyl (C=O) groups is 1. The van der Waals surface area contributed by atoms with Gasteiger partial charge in [-0.15, -0.1) is 5.10 Å². The maximum absolute atomic E-state index is 11.9. The molecule has 3 aromatic rings. The van der Waals surface area contributed by atoms with Crippen LogP contribution in [0.1, 0.15) is 11.1 Å². The zero-order valence-electron chi connectivity index (χ0n) is 12.5. The summed E-state index contributed by atoms with van der Waals surface area (Å²) in [5, 5.41) is 11.0. The Bertz CT molecular complexity index is 825. The molecule has 8 heteroatoms. The minimum atomic E-state index is -0.228. The Kier molecular flexibility index (Phi) is 4.52. The Labute approximate surface area is 141 Å². The van der Waals surface area contributed by atoms with E-state index in [2.05, 4.69) is 49.4 Å². The van der Waals surface area contributed by atoms with Crippen molar-refractivity contribution in [3.8, 4) is 0 Å². The molecule has 0 fully saturated rings. The minimum Gasteiger partial charge on any atom is -0.292 e. The fourth-order valence-corrected chi connectivity index (χ4v) is 2.45. The number of amides is 1. The summed E-state index contributed by atoms with van der Waals surface area (Å²) in [7, 11) is 0. The Morgan fingerprint density at radius 3 is 2.87 bits per heavy atom. The summed E-state index contributed by atoms with van der Waals surface area (Å²) < 4.78 is 4.05. The summed E-state index contributed by atoms with van der Waals surface area (Å²) in [6, 6.07) is 8.09. The van der Waals surface area contributed by atoms with Gasteiger partial charge in [-0.2, -0.15) is 5.10 Å². The van der Waals surface area contributed by atoms with Crippen LogP contribution in [0.25, 0.3) is 0 Å². The molecule has 0 aliphatic carbocycles. The van der Waals surface area contributed by atoms with Crippen LogP contribution in [0, 0.1) is 6.92 Å². The second kappa shape index (κ2) is 6.74. The number of carbonyl (C=O) groups excluding carboxylic acids is 1. The predicted molar refractivity (Wildman–Crippen MR) is 88.9 cm³/mol. The smallest absolute Gasteiger partial charge is 0.248 e. The standard InChI is InChI=1S/C15H15BrN6O/c1-11-4-2-3-5-12(11)7-22-10-17-15(20-22)19-14(23)9-21-8-13(16)6-18-21/h2-6,8,10H,7,9H2,1H3,(H,19,20,23). The molecule has 1 aromatic carbocycles. The monoisotopic (exact) mass is 374 g/mol. The first-order chi connectivity index (χ1) is 11.1. The molecular weight excluding hydrogens is 360 g/mol. The molecule has 0 radical (unpaired) electrons. The number of aromatic nitrogens is 5. The second-order valence-corrected chi connectivity index (χ2v) is 6.01. The molecule has 0 saturated heterocycles. The highest BCUT2D eigenvalue weighted by Gasteiger charge is 2.09. The van der Waals surface area contributed by atoms with Crippen LogP contribution in [-0.2, 0) is 17.9 Å². The fraction of sp³-hybridized carbons (Fsp3) is 0.200. The number of benzene rings is 1. The van der Waals surface area contributed by atoms with Crippen LogP contribution < -0.4 is 5.32 Å². The molecule has 23 heavy (non-hydrogen) atoms. The number of anilines is 1. The number of rotatable bonds is 5. The van der Waals surface area contributed by atoms with E-state index < -0.39 is 0 Å². The first-order valence-electron chi connectivity index (χ1n) is 7.02. The lowest BCUT2D eigenvalue weighted by atomic mass is 10.1. The fourth-order valence-electron chi connectivity index (χ4n) is 2.13. The molecule has 1 amide bonds. The molecule has 0 unspecified atom stereocenters. The highest BCUT2D eigenvalue weighted by atomic mass is 79.9. The summed E-state index contributed by atoms with van der Waals surface area (Å²) in [4.78, 5) is 16.0. The third-order valence-electron chi connectivity index (χ3n) is 3.29. The van der Waals surface area contributed by atoms with Crippen LogP contribution >= 0.6 is 15.9 Å². The van der Waals surface area contributed by atoms with Gasteiger partial charge in [0.25, 0.3) is 0 Å². The second-order valence-electron chi connectivity index (χ2n) is 5.10. The van der Waals surface area contributed by atoms with Gasteiger partial charge in [0, 0.05) is 6.20 Å². The summed E-state index contributed by atoms with van der Waals surface area (Å²) in [6.07, 6.45) is 4.96.